The highest BCUT2D eigenvalue weighted by Crippen LogP contribution is 2.55. The smallest absolute Gasteiger partial charge is 0.410 e. The summed E-state index contributed by atoms with van der Waals surface area (Å²) >= 11 is 7.14. The highest BCUT2D eigenvalue weighted by Gasteiger charge is 2.55. The first kappa shape index (κ1) is 33.1. The zero-order chi connectivity index (χ0) is 35.0. The van der Waals surface area contributed by atoms with Gasteiger partial charge in [0.1, 0.15) is 11.3 Å². The van der Waals surface area contributed by atoms with Crippen LogP contribution < -0.4 is 4.74 Å². The lowest BCUT2D eigenvalue weighted by Crippen LogP contribution is -2.64. The standard InChI is InChI=1S/C36H39ClN6O5S/c1-21-8-11-26(12-9-21)49(45,46)43-28-14-22(2)32(37)31(27(28)18-39-43)30-23(3)42(40-33(30)24-10-13-29(47-7)38-17-24)25-15-36(16-25)19-41(20-36)34(44)48-35(4,5)6/h8-14,17-18,25H,15-16,19-20H2,1-7H3. The number of halogens is 1. The molecule has 1 amide bonds. The van der Waals surface area contributed by atoms with Crippen LogP contribution in [0.1, 0.15) is 56.5 Å². The molecule has 13 heteroatoms. The van der Waals surface area contributed by atoms with Gasteiger partial charge in [-0.25, -0.2) is 9.78 Å². The van der Waals surface area contributed by atoms with Crippen molar-refractivity contribution in [3.05, 3.63) is 76.7 Å². The van der Waals surface area contributed by atoms with Crippen LogP contribution in [0.4, 0.5) is 4.79 Å². The first-order valence-electron chi connectivity index (χ1n) is 16.2. The predicted octanol–water partition coefficient (Wildman–Crippen LogP) is 7.36. The quantitative estimate of drug-likeness (QED) is 0.180. The average molecular weight is 703 g/mol. The highest BCUT2D eigenvalue weighted by molar-refractivity contribution is 7.90. The van der Waals surface area contributed by atoms with E-state index in [2.05, 4.69) is 10.1 Å². The molecule has 1 saturated carbocycles. The minimum Gasteiger partial charge on any atom is -0.481 e. The Morgan fingerprint density at radius 1 is 1.00 bits per heavy atom. The zero-order valence-corrected chi connectivity index (χ0v) is 30.2. The number of likely N-dealkylation sites (tertiary alicyclic amines) is 1. The summed E-state index contributed by atoms with van der Waals surface area (Å²) in [5.74, 6) is 0.473. The third kappa shape index (κ3) is 5.64. The van der Waals surface area contributed by atoms with E-state index in [1.807, 2.05) is 52.3 Å². The molecule has 4 heterocycles. The van der Waals surface area contributed by atoms with E-state index in [1.54, 1.807) is 60.8 Å². The van der Waals surface area contributed by atoms with Gasteiger partial charge in [0.05, 0.1) is 34.8 Å². The summed E-state index contributed by atoms with van der Waals surface area (Å²) in [7, 11) is -2.44. The van der Waals surface area contributed by atoms with E-state index in [0.29, 0.717) is 51.7 Å². The molecule has 7 rings (SSSR count). The Bertz CT molecular complexity index is 2210. The van der Waals surface area contributed by atoms with Crippen LogP contribution in [0.3, 0.4) is 0 Å². The van der Waals surface area contributed by atoms with Crippen molar-refractivity contribution in [2.45, 2.75) is 70.9 Å². The summed E-state index contributed by atoms with van der Waals surface area (Å²) in [6.07, 6.45) is 4.72. The Morgan fingerprint density at radius 2 is 1.69 bits per heavy atom. The number of carbonyl (C=O) groups excluding carboxylic acids is 1. The monoisotopic (exact) mass is 702 g/mol. The van der Waals surface area contributed by atoms with Crippen molar-refractivity contribution in [2.24, 2.45) is 5.41 Å². The van der Waals surface area contributed by atoms with Crippen LogP contribution in [0, 0.1) is 26.2 Å². The number of benzene rings is 2. The molecule has 0 radical (unpaired) electrons. The highest BCUT2D eigenvalue weighted by atomic mass is 35.5. The predicted molar refractivity (Wildman–Crippen MR) is 187 cm³/mol. The maximum absolute atomic E-state index is 13.8. The van der Waals surface area contributed by atoms with Crippen molar-refractivity contribution in [2.75, 3.05) is 20.2 Å². The summed E-state index contributed by atoms with van der Waals surface area (Å²) in [6.45, 7) is 12.7. The number of amides is 1. The topological polar surface area (TPSA) is 121 Å². The van der Waals surface area contributed by atoms with Gasteiger partial charge in [-0.3, -0.25) is 4.68 Å². The molecule has 1 saturated heterocycles. The molecule has 2 aromatic carbocycles. The molecule has 2 fully saturated rings. The average Bonchev–Trinajstić information content (AvgIpc) is 3.57. The van der Waals surface area contributed by atoms with Crippen molar-refractivity contribution in [3.63, 3.8) is 0 Å². The SMILES string of the molecule is COc1ccc(-c2nn(C3CC4(C3)CN(C(=O)OC(C)(C)C)C4)c(C)c2-c2c(Cl)c(C)cc3c2cnn3S(=O)(=O)c2ccc(C)cc2)cn1. The minimum absolute atomic E-state index is 0.0294. The van der Waals surface area contributed by atoms with E-state index in [0.717, 1.165) is 39.3 Å². The van der Waals surface area contributed by atoms with Crippen molar-refractivity contribution in [3.8, 4) is 28.3 Å². The normalized spacial score (nSPS) is 16.1. The number of aromatic nitrogens is 5. The number of pyridine rings is 1. The fourth-order valence-corrected chi connectivity index (χ4v) is 8.62. The molecule has 3 aromatic heterocycles. The molecular formula is C36H39ClN6O5S. The molecular weight excluding hydrogens is 664 g/mol. The lowest BCUT2D eigenvalue weighted by Gasteiger charge is -2.58. The van der Waals surface area contributed by atoms with Crippen molar-refractivity contribution < 1.29 is 22.7 Å². The third-order valence-corrected chi connectivity index (χ3v) is 11.6. The summed E-state index contributed by atoms with van der Waals surface area (Å²) < 4.78 is 41.7. The Kier molecular flexibility index (Phi) is 7.83. The second-order valence-corrected chi connectivity index (χ2v) is 16.5. The molecule has 256 valence electrons. The van der Waals surface area contributed by atoms with Crippen LogP contribution in [0.25, 0.3) is 33.3 Å². The van der Waals surface area contributed by atoms with E-state index in [9.17, 15) is 13.2 Å². The van der Waals surface area contributed by atoms with Gasteiger partial charge < -0.3 is 14.4 Å². The van der Waals surface area contributed by atoms with E-state index >= 15 is 0 Å². The van der Waals surface area contributed by atoms with Crippen LogP contribution in [-0.4, -0.2) is 69.2 Å². The molecule has 2 aliphatic rings. The molecule has 49 heavy (non-hydrogen) atoms. The molecule has 1 aliphatic heterocycles. The van der Waals surface area contributed by atoms with Gasteiger partial charge in [0.2, 0.25) is 5.88 Å². The van der Waals surface area contributed by atoms with Crippen LogP contribution in [0.5, 0.6) is 5.88 Å². The van der Waals surface area contributed by atoms with Crippen molar-refractivity contribution >= 4 is 38.6 Å². The molecule has 0 bridgehead atoms. The fourth-order valence-electron chi connectivity index (χ4n) is 7.10. The molecule has 11 nitrogen and oxygen atoms in total. The van der Waals surface area contributed by atoms with Gasteiger partial charge in [-0.1, -0.05) is 29.3 Å². The summed E-state index contributed by atoms with van der Waals surface area (Å²) in [5.41, 5.74) is 5.32. The first-order valence-corrected chi connectivity index (χ1v) is 18.0. The van der Waals surface area contributed by atoms with Crippen LogP contribution in [-0.2, 0) is 14.8 Å². The third-order valence-electron chi connectivity index (χ3n) is 9.51. The summed E-state index contributed by atoms with van der Waals surface area (Å²) in [4.78, 5) is 19.0. The molecule has 0 unspecified atom stereocenters. The van der Waals surface area contributed by atoms with E-state index in [1.165, 1.54) is 0 Å². The Morgan fingerprint density at radius 3 is 2.31 bits per heavy atom. The maximum atomic E-state index is 13.8. The number of fused-ring (bicyclic) bond motifs is 1. The zero-order valence-electron chi connectivity index (χ0n) is 28.6. The number of ether oxygens (including phenoxy) is 2. The fraction of sp³-hybridized carbons (Fsp3) is 0.389. The number of aryl methyl sites for hydroxylation is 2. The number of rotatable bonds is 6. The van der Waals surface area contributed by atoms with Crippen LogP contribution >= 0.6 is 11.6 Å². The lowest BCUT2D eigenvalue weighted by molar-refractivity contribution is -0.0930. The van der Waals surface area contributed by atoms with Gasteiger partial charge in [0, 0.05) is 58.5 Å². The van der Waals surface area contributed by atoms with Gasteiger partial charge in [0.15, 0.2) is 0 Å². The number of hydrogen-bond acceptors (Lipinski definition) is 8. The largest absolute Gasteiger partial charge is 0.481 e. The van der Waals surface area contributed by atoms with Gasteiger partial charge in [0.25, 0.3) is 10.0 Å². The minimum atomic E-state index is -4.00. The Hall–Kier alpha value is -4.42. The molecule has 1 aliphatic carbocycles. The van der Waals surface area contributed by atoms with E-state index in [4.69, 9.17) is 26.2 Å². The molecule has 0 N–H and O–H groups in total. The van der Waals surface area contributed by atoms with Gasteiger partial charge in [-0.05, 0) is 84.2 Å². The number of nitrogens with zero attached hydrogens (tertiary/aromatic N) is 6. The van der Waals surface area contributed by atoms with Gasteiger partial charge in [-0.2, -0.15) is 22.7 Å². The van der Waals surface area contributed by atoms with Crippen LogP contribution in [0.2, 0.25) is 5.02 Å². The molecule has 5 aromatic rings. The maximum Gasteiger partial charge on any atom is 0.410 e. The van der Waals surface area contributed by atoms with E-state index in [-0.39, 0.29) is 22.4 Å². The Labute approximate surface area is 290 Å². The van der Waals surface area contributed by atoms with E-state index < -0.39 is 15.6 Å². The second kappa shape index (κ2) is 11.6. The first-order chi connectivity index (χ1) is 23.1. The number of hydrogen-bond donors (Lipinski definition) is 0. The number of carbonyl (C=O) groups is 1. The Balaban J connectivity index is 1.31. The summed E-state index contributed by atoms with van der Waals surface area (Å²) in [6, 6.07) is 12.3. The van der Waals surface area contributed by atoms with Crippen molar-refractivity contribution in [1.82, 2.24) is 28.9 Å². The van der Waals surface area contributed by atoms with Gasteiger partial charge in [-0.15, -0.1) is 0 Å². The van der Waals surface area contributed by atoms with Gasteiger partial charge >= 0.3 is 6.09 Å². The molecule has 1 spiro atoms. The number of methoxy groups -OCH3 is 1. The lowest BCUT2D eigenvalue weighted by atomic mass is 9.61. The van der Waals surface area contributed by atoms with Crippen molar-refractivity contribution in [1.29, 1.82) is 0 Å². The second-order valence-electron chi connectivity index (χ2n) is 14.4. The molecule has 0 atom stereocenters. The summed E-state index contributed by atoms with van der Waals surface area (Å²) in [5, 5.41) is 10.7. The van der Waals surface area contributed by atoms with Crippen LogP contribution in [0.15, 0.2) is 59.8 Å².